The van der Waals surface area contributed by atoms with Crippen LogP contribution in [0.25, 0.3) is 0 Å². The number of carbonyl (C=O) groups is 1. The first-order valence-corrected chi connectivity index (χ1v) is 13.5. The maximum atomic E-state index is 13.7. The number of halogens is 1. The van der Waals surface area contributed by atoms with E-state index >= 15 is 0 Å². The van der Waals surface area contributed by atoms with Crippen molar-refractivity contribution >= 4 is 40.8 Å². The molecule has 9 nitrogen and oxygen atoms in total. The van der Waals surface area contributed by atoms with Crippen LogP contribution in [-0.4, -0.2) is 65.0 Å². The Bertz CT molecular complexity index is 1140. The molecule has 1 atom stereocenters. The molecule has 0 saturated carbocycles. The van der Waals surface area contributed by atoms with Crippen LogP contribution in [0.2, 0.25) is 0 Å². The minimum Gasteiger partial charge on any atom is -0.402 e. The first-order valence-electron chi connectivity index (χ1n) is 12.7. The molecule has 1 aromatic carbocycles. The fourth-order valence-corrected chi connectivity index (χ4v) is 5.32. The molecule has 1 unspecified atom stereocenters. The van der Waals surface area contributed by atoms with Crippen LogP contribution >= 0.6 is 11.8 Å². The van der Waals surface area contributed by atoms with Gasteiger partial charge < -0.3 is 21.7 Å². The number of alkyl halides is 1. The summed E-state index contributed by atoms with van der Waals surface area (Å²) in [7, 11) is 0. The molecule has 0 aliphatic carbocycles. The SMILES string of the molecule is CCC(=O)Nc1ccc(Sc2nc(N=C(N)C=C(C)N)cc(N3CCC(N4CCC(F)C4)CC3)n2)cc1. The summed E-state index contributed by atoms with van der Waals surface area (Å²) >= 11 is 1.41. The Hall–Kier alpha value is -3.18. The molecule has 3 heterocycles. The molecule has 1 amide bonds. The van der Waals surface area contributed by atoms with Crippen LogP contribution in [0.15, 0.2) is 57.1 Å². The highest BCUT2D eigenvalue weighted by Gasteiger charge is 2.31. The molecule has 2 fully saturated rings. The molecule has 0 bridgehead atoms. The summed E-state index contributed by atoms with van der Waals surface area (Å²) in [5.74, 6) is 1.48. The number of anilines is 2. The lowest BCUT2D eigenvalue weighted by Gasteiger charge is -2.37. The number of amides is 1. The Morgan fingerprint density at radius 2 is 1.92 bits per heavy atom. The van der Waals surface area contributed by atoms with Gasteiger partial charge in [0.05, 0.1) is 0 Å². The van der Waals surface area contributed by atoms with Crippen LogP contribution in [-0.2, 0) is 4.79 Å². The molecule has 2 aliphatic rings. The van der Waals surface area contributed by atoms with Crippen molar-refractivity contribution in [2.75, 3.05) is 36.4 Å². The summed E-state index contributed by atoms with van der Waals surface area (Å²) in [6.07, 6.45) is 3.87. The number of hydrogen-bond acceptors (Lipinski definition) is 8. The largest absolute Gasteiger partial charge is 0.402 e. The van der Waals surface area contributed by atoms with E-state index in [1.807, 2.05) is 37.3 Å². The van der Waals surface area contributed by atoms with Crippen LogP contribution in [0, 0.1) is 0 Å². The second kappa shape index (κ2) is 12.4. The number of nitrogens with zero attached hydrogens (tertiary/aromatic N) is 5. The number of rotatable bonds is 8. The van der Waals surface area contributed by atoms with Crippen LogP contribution < -0.4 is 21.7 Å². The van der Waals surface area contributed by atoms with Crippen molar-refractivity contribution in [3.05, 3.63) is 42.1 Å². The van der Waals surface area contributed by atoms with E-state index in [-0.39, 0.29) is 11.7 Å². The van der Waals surface area contributed by atoms with E-state index in [0.717, 1.165) is 48.9 Å². The molecular formula is C26H35FN8OS. The highest BCUT2D eigenvalue weighted by atomic mass is 32.2. The van der Waals surface area contributed by atoms with Gasteiger partial charge in [-0.2, -0.15) is 0 Å². The second-order valence-corrected chi connectivity index (χ2v) is 10.5. The summed E-state index contributed by atoms with van der Waals surface area (Å²) in [5.41, 5.74) is 13.1. The topological polar surface area (TPSA) is 126 Å². The van der Waals surface area contributed by atoms with Crippen molar-refractivity contribution in [2.24, 2.45) is 16.5 Å². The van der Waals surface area contributed by atoms with E-state index in [4.69, 9.17) is 16.5 Å². The van der Waals surface area contributed by atoms with Crippen LogP contribution in [0.3, 0.4) is 0 Å². The zero-order valence-corrected chi connectivity index (χ0v) is 22.2. The van der Waals surface area contributed by atoms with Crippen molar-refractivity contribution in [2.45, 2.75) is 61.8 Å². The van der Waals surface area contributed by atoms with Gasteiger partial charge in [-0.05, 0) is 68.3 Å². The zero-order valence-electron chi connectivity index (χ0n) is 21.4. The summed E-state index contributed by atoms with van der Waals surface area (Å²) < 4.78 is 13.7. The summed E-state index contributed by atoms with van der Waals surface area (Å²) in [6.45, 7) is 6.60. The van der Waals surface area contributed by atoms with Crippen molar-refractivity contribution in [1.82, 2.24) is 14.9 Å². The molecular weight excluding hydrogens is 491 g/mol. The van der Waals surface area contributed by atoms with Gasteiger partial charge in [-0.1, -0.05) is 6.92 Å². The Labute approximate surface area is 221 Å². The number of hydrogen-bond donors (Lipinski definition) is 3. The number of nitrogens with one attached hydrogen (secondary N) is 1. The van der Waals surface area contributed by atoms with Crippen molar-refractivity contribution < 1.29 is 9.18 Å². The van der Waals surface area contributed by atoms with Gasteiger partial charge in [0.2, 0.25) is 5.91 Å². The Morgan fingerprint density at radius 1 is 1.19 bits per heavy atom. The lowest BCUT2D eigenvalue weighted by Crippen LogP contribution is -2.44. The third kappa shape index (κ3) is 7.65. The molecule has 5 N–H and O–H groups in total. The van der Waals surface area contributed by atoms with Gasteiger partial charge in [0.1, 0.15) is 17.8 Å². The number of likely N-dealkylation sites (tertiary alicyclic amines) is 1. The monoisotopic (exact) mass is 526 g/mol. The zero-order chi connectivity index (χ0) is 26.4. The number of aromatic nitrogens is 2. The standard InChI is InChI=1S/C26H35FN8OS/c1-3-25(36)30-19-4-6-21(7-5-19)37-26-32-23(31-22(29)14-17(2)28)15-24(33-26)34-12-9-20(10-13-34)35-11-8-18(27)16-35/h4-7,14-15,18,20H,3,8-13,16,28H2,1-2H3,(H,30,36)(H2,29,31,32,33). The molecule has 0 radical (unpaired) electrons. The summed E-state index contributed by atoms with van der Waals surface area (Å²) in [6, 6.07) is 9.80. The lowest BCUT2D eigenvalue weighted by atomic mass is 10.0. The molecule has 198 valence electrons. The third-order valence-electron chi connectivity index (χ3n) is 6.43. The minimum absolute atomic E-state index is 0.0312. The Balaban J connectivity index is 1.52. The highest BCUT2D eigenvalue weighted by molar-refractivity contribution is 7.99. The lowest BCUT2D eigenvalue weighted by molar-refractivity contribution is -0.115. The second-order valence-electron chi connectivity index (χ2n) is 9.42. The van der Waals surface area contributed by atoms with Crippen molar-refractivity contribution in [3.63, 3.8) is 0 Å². The smallest absolute Gasteiger partial charge is 0.224 e. The van der Waals surface area contributed by atoms with E-state index in [2.05, 4.69) is 25.1 Å². The maximum absolute atomic E-state index is 13.7. The minimum atomic E-state index is -0.700. The van der Waals surface area contributed by atoms with Gasteiger partial charge >= 0.3 is 0 Å². The number of amidine groups is 1. The number of allylic oxidation sites excluding steroid dienone is 1. The number of nitrogens with two attached hydrogens (primary N) is 2. The predicted octanol–water partition coefficient (Wildman–Crippen LogP) is 3.84. The molecule has 2 saturated heterocycles. The fraction of sp³-hybridized carbons (Fsp3) is 0.462. The van der Waals surface area contributed by atoms with Gasteiger partial charge in [0, 0.05) is 61.0 Å². The molecule has 4 rings (SSSR count). The van der Waals surface area contributed by atoms with E-state index in [1.54, 1.807) is 13.0 Å². The third-order valence-corrected chi connectivity index (χ3v) is 7.31. The Morgan fingerprint density at radius 3 is 2.54 bits per heavy atom. The van der Waals surface area contributed by atoms with Gasteiger partial charge in [0.25, 0.3) is 0 Å². The van der Waals surface area contributed by atoms with Gasteiger partial charge in [-0.25, -0.2) is 19.4 Å². The normalized spacial score (nSPS) is 19.9. The molecule has 37 heavy (non-hydrogen) atoms. The van der Waals surface area contributed by atoms with E-state index in [1.165, 1.54) is 11.8 Å². The summed E-state index contributed by atoms with van der Waals surface area (Å²) in [5, 5.41) is 3.40. The fourth-order valence-electron chi connectivity index (χ4n) is 4.56. The molecule has 2 aliphatic heterocycles. The van der Waals surface area contributed by atoms with Crippen LogP contribution in [0.1, 0.15) is 39.5 Å². The number of piperidine rings is 1. The van der Waals surface area contributed by atoms with Crippen LogP contribution in [0.5, 0.6) is 0 Å². The van der Waals surface area contributed by atoms with E-state index in [0.29, 0.717) is 42.1 Å². The molecule has 11 heteroatoms. The van der Waals surface area contributed by atoms with Crippen LogP contribution in [0.4, 0.5) is 21.7 Å². The number of benzene rings is 1. The van der Waals surface area contributed by atoms with Gasteiger partial charge in [0.15, 0.2) is 11.0 Å². The number of aliphatic imine (C=N–C) groups is 1. The van der Waals surface area contributed by atoms with Crippen molar-refractivity contribution in [3.8, 4) is 0 Å². The maximum Gasteiger partial charge on any atom is 0.224 e. The highest BCUT2D eigenvalue weighted by Crippen LogP contribution is 2.31. The molecule has 0 spiro atoms. The average molecular weight is 527 g/mol. The first kappa shape index (κ1) is 26.9. The average Bonchev–Trinajstić information content (AvgIpc) is 3.31. The predicted molar refractivity (Wildman–Crippen MR) is 147 cm³/mol. The van der Waals surface area contributed by atoms with Gasteiger partial charge in [-0.15, -0.1) is 0 Å². The first-order chi connectivity index (χ1) is 17.8. The quantitative estimate of drug-likeness (QED) is 0.269. The number of carbonyl (C=O) groups excluding carboxylic acids is 1. The van der Waals surface area contributed by atoms with E-state index in [9.17, 15) is 9.18 Å². The van der Waals surface area contributed by atoms with Crippen molar-refractivity contribution in [1.29, 1.82) is 0 Å². The van der Waals surface area contributed by atoms with Gasteiger partial charge in [-0.3, -0.25) is 9.69 Å². The summed E-state index contributed by atoms with van der Waals surface area (Å²) in [4.78, 5) is 31.0. The van der Waals surface area contributed by atoms with E-state index < -0.39 is 6.17 Å². The molecule has 2 aromatic rings. The molecule has 1 aromatic heterocycles. The Kier molecular flexibility index (Phi) is 8.99.